The van der Waals surface area contributed by atoms with E-state index in [2.05, 4.69) is 15.6 Å². The van der Waals surface area contributed by atoms with Crippen molar-refractivity contribution < 1.29 is 4.79 Å². The number of hydrogen-bond acceptors (Lipinski definition) is 3. The summed E-state index contributed by atoms with van der Waals surface area (Å²) in [5, 5.41) is 6.30. The lowest BCUT2D eigenvalue weighted by Gasteiger charge is -2.22. The summed E-state index contributed by atoms with van der Waals surface area (Å²) in [6, 6.07) is 0. The van der Waals surface area contributed by atoms with E-state index in [-0.39, 0.29) is 18.3 Å². The quantitative estimate of drug-likeness (QED) is 0.858. The molecule has 0 spiro atoms. The van der Waals surface area contributed by atoms with Crippen LogP contribution in [0.3, 0.4) is 0 Å². The van der Waals surface area contributed by atoms with Crippen molar-refractivity contribution in [2.24, 2.45) is 13.0 Å². The second-order valence-corrected chi connectivity index (χ2v) is 4.68. The van der Waals surface area contributed by atoms with Gasteiger partial charge < -0.3 is 15.2 Å². The Morgan fingerprint density at radius 3 is 3.11 bits per heavy atom. The average Bonchev–Trinajstić information content (AvgIpc) is 2.77. The first-order chi connectivity index (χ1) is 8.25. The first-order valence-electron chi connectivity index (χ1n) is 6.22. The smallest absolute Gasteiger partial charge is 0.271 e. The molecule has 1 aromatic heterocycles. The lowest BCUT2D eigenvalue weighted by Crippen LogP contribution is -2.33. The third kappa shape index (κ3) is 4.31. The molecule has 18 heavy (non-hydrogen) atoms. The van der Waals surface area contributed by atoms with Crippen LogP contribution in [0, 0.1) is 5.92 Å². The summed E-state index contributed by atoms with van der Waals surface area (Å²) < 4.78 is 1.78. The molecule has 2 heterocycles. The number of piperidine rings is 1. The molecule has 1 unspecified atom stereocenters. The highest BCUT2D eigenvalue weighted by Gasteiger charge is 2.13. The molecule has 0 bridgehead atoms. The minimum absolute atomic E-state index is 0. The van der Waals surface area contributed by atoms with Crippen molar-refractivity contribution in [2.75, 3.05) is 19.6 Å². The minimum Gasteiger partial charge on any atom is -0.351 e. The highest BCUT2D eigenvalue weighted by Crippen LogP contribution is 2.12. The molecule has 102 valence electrons. The number of hydrogen-bond donors (Lipinski definition) is 2. The van der Waals surface area contributed by atoms with Crippen LogP contribution in [-0.4, -0.2) is 35.1 Å². The van der Waals surface area contributed by atoms with Crippen LogP contribution in [0.4, 0.5) is 0 Å². The molecule has 0 radical (unpaired) electrons. The number of nitrogens with zero attached hydrogens (tertiary/aromatic N) is 2. The summed E-state index contributed by atoms with van der Waals surface area (Å²) >= 11 is 0. The number of aromatic nitrogens is 2. The Balaban J connectivity index is 0.00000162. The highest BCUT2D eigenvalue weighted by molar-refractivity contribution is 5.91. The summed E-state index contributed by atoms with van der Waals surface area (Å²) in [4.78, 5) is 15.7. The molecule has 2 N–H and O–H groups in total. The van der Waals surface area contributed by atoms with E-state index in [9.17, 15) is 4.79 Å². The highest BCUT2D eigenvalue weighted by atomic mass is 35.5. The Labute approximate surface area is 114 Å². The van der Waals surface area contributed by atoms with E-state index < -0.39 is 0 Å². The second kappa shape index (κ2) is 7.38. The van der Waals surface area contributed by atoms with Crippen LogP contribution in [0.2, 0.25) is 0 Å². The Morgan fingerprint density at radius 1 is 1.67 bits per heavy atom. The van der Waals surface area contributed by atoms with E-state index in [1.165, 1.54) is 12.8 Å². The summed E-state index contributed by atoms with van der Waals surface area (Å²) in [6.45, 7) is 2.96. The van der Waals surface area contributed by atoms with E-state index in [1.807, 2.05) is 7.05 Å². The second-order valence-electron chi connectivity index (χ2n) is 4.68. The summed E-state index contributed by atoms with van der Waals surface area (Å²) in [6.07, 6.45) is 6.94. The van der Waals surface area contributed by atoms with Crippen molar-refractivity contribution in [3.8, 4) is 0 Å². The molecule has 1 aromatic rings. The van der Waals surface area contributed by atoms with Gasteiger partial charge >= 0.3 is 0 Å². The van der Waals surface area contributed by atoms with Gasteiger partial charge in [0.15, 0.2) is 0 Å². The zero-order valence-electron chi connectivity index (χ0n) is 10.7. The van der Waals surface area contributed by atoms with Crippen LogP contribution in [0.1, 0.15) is 29.8 Å². The minimum atomic E-state index is -0.0747. The van der Waals surface area contributed by atoms with Gasteiger partial charge in [-0.1, -0.05) is 0 Å². The monoisotopic (exact) mass is 272 g/mol. The zero-order valence-corrected chi connectivity index (χ0v) is 11.5. The molecule has 0 saturated carbocycles. The first-order valence-corrected chi connectivity index (χ1v) is 6.22. The van der Waals surface area contributed by atoms with Crippen molar-refractivity contribution in [3.05, 3.63) is 18.2 Å². The van der Waals surface area contributed by atoms with E-state index in [0.717, 1.165) is 26.1 Å². The van der Waals surface area contributed by atoms with Gasteiger partial charge in [0.25, 0.3) is 5.91 Å². The van der Waals surface area contributed by atoms with Crippen molar-refractivity contribution >= 4 is 18.3 Å². The largest absolute Gasteiger partial charge is 0.351 e. The summed E-state index contributed by atoms with van der Waals surface area (Å²) in [5.74, 6) is 0.627. The van der Waals surface area contributed by atoms with Crippen LogP contribution in [0.15, 0.2) is 12.5 Å². The van der Waals surface area contributed by atoms with Gasteiger partial charge in [0.05, 0.1) is 6.33 Å². The van der Waals surface area contributed by atoms with Gasteiger partial charge in [0, 0.05) is 19.8 Å². The van der Waals surface area contributed by atoms with Crippen molar-refractivity contribution in [3.63, 3.8) is 0 Å². The molecule has 5 nitrogen and oxygen atoms in total. The summed E-state index contributed by atoms with van der Waals surface area (Å²) in [5.41, 5.74) is 0.495. The van der Waals surface area contributed by atoms with Crippen molar-refractivity contribution in [2.45, 2.75) is 19.3 Å². The van der Waals surface area contributed by atoms with Gasteiger partial charge in [0.2, 0.25) is 0 Å². The number of carbonyl (C=O) groups excluding carboxylic acids is 1. The van der Waals surface area contributed by atoms with Gasteiger partial charge in [-0.05, 0) is 38.3 Å². The fourth-order valence-corrected chi connectivity index (χ4v) is 2.18. The maximum atomic E-state index is 11.7. The molecule has 1 atom stereocenters. The Hall–Kier alpha value is -1.07. The number of amides is 1. The lowest BCUT2D eigenvalue weighted by molar-refractivity contribution is 0.0946. The molecule has 1 fully saturated rings. The molecule has 1 aliphatic heterocycles. The van der Waals surface area contributed by atoms with Gasteiger partial charge in [0.1, 0.15) is 5.69 Å². The van der Waals surface area contributed by atoms with E-state index in [1.54, 1.807) is 17.1 Å². The fourth-order valence-electron chi connectivity index (χ4n) is 2.18. The van der Waals surface area contributed by atoms with Crippen LogP contribution >= 0.6 is 12.4 Å². The van der Waals surface area contributed by atoms with E-state index >= 15 is 0 Å². The number of halogens is 1. The molecule has 1 aliphatic rings. The SMILES string of the molecule is Cl.Cn1cnc(C(=O)NCCC2CCCNC2)c1. The molecule has 1 saturated heterocycles. The normalized spacial score (nSPS) is 19.1. The zero-order chi connectivity index (χ0) is 12.1. The number of carbonyl (C=O) groups is 1. The first kappa shape index (κ1) is 15.0. The van der Waals surface area contributed by atoms with Gasteiger partial charge in [-0.2, -0.15) is 0 Å². The third-order valence-electron chi connectivity index (χ3n) is 3.17. The van der Waals surface area contributed by atoms with E-state index in [0.29, 0.717) is 11.6 Å². The third-order valence-corrected chi connectivity index (χ3v) is 3.17. The van der Waals surface area contributed by atoms with Crippen molar-refractivity contribution in [1.82, 2.24) is 20.2 Å². The predicted octanol–water partition coefficient (Wildman–Crippen LogP) is 0.961. The Morgan fingerprint density at radius 2 is 2.50 bits per heavy atom. The van der Waals surface area contributed by atoms with Crippen LogP contribution < -0.4 is 10.6 Å². The van der Waals surface area contributed by atoms with E-state index in [4.69, 9.17) is 0 Å². The van der Waals surface area contributed by atoms with Crippen LogP contribution in [-0.2, 0) is 7.05 Å². The molecule has 1 amide bonds. The van der Waals surface area contributed by atoms with Gasteiger partial charge in [-0.3, -0.25) is 4.79 Å². The average molecular weight is 273 g/mol. The maximum Gasteiger partial charge on any atom is 0.271 e. The Kier molecular flexibility index (Phi) is 6.15. The van der Waals surface area contributed by atoms with Gasteiger partial charge in [-0.15, -0.1) is 12.4 Å². The number of aryl methyl sites for hydroxylation is 1. The Bertz CT molecular complexity index is 374. The molecular formula is C12H21ClN4O. The summed E-state index contributed by atoms with van der Waals surface area (Å²) in [7, 11) is 1.86. The number of imidazole rings is 1. The number of rotatable bonds is 4. The standard InChI is InChI=1S/C12H20N4O.ClH/c1-16-8-11(15-9-16)12(17)14-6-4-10-3-2-5-13-7-10;/h8-10,13H,2-7H2,1H3,(H,14,17);1H. The van der Waals surface area contributed by atoms with Crippen LogP contribution in [0.25, 0.3) is 0 Å². The fraction of sp³-hybridized carbons (Fsp3) is 0.667. The topological polar surface area (TPSA) is 59.0 Å². The molecule has 0 aromatic carbocycles. The molecule has 2 rings (SSSR count). The number of nitrogens with one attached hydrogen (secondary N) is 2. The molecule has 6 heteroatoms. The maximum absolute atomic E-state index is 11.7. The lowest BCUT2D eigenvalue weighted by atomic mass is 9.96. The van der Waals surface area contributed by atoms with Gasteiger partial charge in [-0.25, -0.2) is 4.98 Å². The van der Waals surface area contributed by atoms with Crippen LogP contribution in [0.5, 0.6) is 0 Å². The van der Waals surface area contributed by atoms with Crippen molar-refractivity contribution in [1.29, 1.82) is 0 Å². The molecular weight excluding hydrogens is 252 g/mol. The predicted molar refractivity (Wildman–Crippen MR) is 73.0 cm³/mol. The molecule has 0 aliphatic carbocycles.